The van der Waals surface area contributed by atoms with Crippen LogP contribution in [0.15, 0.2) is 12.7 Å². The van der Waals surface area contributed by atoms with Crippen LogP contribution in [0.5, 0.6) is 0 Å². The van der Waals surface area contributed by atoms with Gasteiger partial charge in [-0.2, -0.15) is 0 Å². The molecule has 0 bridgehead atoms. The second-order valence-electron chi connectivity index (χ2n) is 5.48. The van der Waals surface area contributed by atoms with Crippen molar-refractivity contribution in [1.29, 1.82) is 0 Å². The Morgan fingerprint density at radius 3 is 2.81 bits per heavy atom. The van der Waals surface area contributed by atoms with Gasteiger partial charge in [0.1, 0.15) is 0 Å². The Balaban J connectivity index is 1.96. The molecular weight excluding hydrogens is 196 g/mol. The highest BCUT2D eigenvalue weighted by molar-refractivity contribution is 5.00. The number of hydrogen-bond acceptors (Lipinski definition) is 2. The summed E-state index contributed by atoms with van der Waals surface area (Å²) in [6, 6.07) is 0.742. The fraction of sp³-hybridized carbons (Fsp3) is 0.857. The van der Waals surface area contributed by atoms with Gasteiger partial charge in [-0.3, -0.25) is 4.90 Å². The lowest BCUT2D eigenvalue weighted by Crippen LogP contribution is -2.63. The van der Waals surface area contributed by atoms with E-state index in [0.29, 0.717) is 5.54 Å². The number of nitrogens with zero attached hydrogens (tertiary/aromatic N) is 1. The Morgan fingerprint density at radius 2 is 2.19 bits per heavy atom. The molecule has 1 atom stereocenters. The summed E-state index contributed by atoms with van der Waals surface area (Å²) in [5.74, 6) is 0. The van der Waals surface area contributed by atoms with E-state index in [1.54, 1.807) is 0 Å². The Labute approximate surface area is 100 Å². The molecule has 2 nitrogen and oxygen atoms in total. The van der Waals surface area contributed by atoms with Crippen LogP contribution < -0.4 is 5.32 Å². The van der Waals surface area contributed by atoms with E-state index < -0.39 is 0 Å². The van der Waals surface area contributed by atoms with Crippen LogP contribution in [0.3, 0.4) is 0 Å². The third-order valence-electron chi connectivity index (χ3n) is 4.39. The monoisotopic (exact) mass is 222 g/mol. The first-order valence-electron chi connectivity index (χ1n) is 6.89. The third kappa shape index (κ3) is 2.49. The Morgan fingerprint density at radius 1 is 1.44 bits per heavy atom. The highest BCUT2D eigenvalue weighted by Gasteiger charge is 2.40. The number of piperazine rings is 1. The van der Waals surface area contributed by atoms with Crippen LogP contribution in [0.1, 0.15) is 45.4 Å². The van der Waals surface area contributed by atoms with Crippen LogP contribution in [0, 0.1) is 0 Å². The number of rotatable bonds is 4. The second kappa shape index (κ2) is 5.33. The molecular formula is C14H26N2. The lowest BCUT2D eigenvalue weighted by atomic mass is 9.91. The zero-order valence-electron chi connectivity index (χ0n) is 10.7. The van der Waals surface area contributed by atoms with Crippen molar-refractivity contribution < 1.29 is 0 Å². The highest BCUT2D eigenvalue weighted by atomic mass is 15.3. The van der Waals surface area contributed by atoms with E-state index in [-0.39, 0.29) is 0 Å². The van der Waals surface area contributed by atoms with E-state index in [4.69, 9.17) is 0 Å². The summed E-state index contributed by atoms with van der Waals surface area (Å²) in [5.41, 5.74) is 0.465. The standard InChI is InChI=1S/C14H26N2/c1-3-5-10-16-12-14(8-6-7-9-14)15-11-13(16)4-2/h3,13,15H,1,4-12H2,2H3. The van der Waals surface area contributed by atoms with Gasteiger partial charge in [-0.15, -0.1) is 6.58 Å². The molecule has 1 unspecified atom stereocenters. The van der Waals surface area contributed by atoms with Crippen molar-refractivity contribution in [1.82, 2.24) is 10.2 Å². The van der Waals surface area contributed by atoms with Crippen LogP contribution in [0.4, 0.5) is 0 Å². The first-order valence-corrected chi connectivity index (χ1v) is 6.89. The number of hydrogen-bond donors (Lipinski definition) is 1. The van der Waals surface area contributed by atoms with Crippen LogP contribution in [0.2, 0.25) is 0 Å². The first kappa shape index (κ1) is 12.1. The Bertz CT molecular complexity index is 231. The SMILES string of the molecule is C=CCCN1CC2(CCCC2)NCC1CC. The Hall–Kier alpha value is -0.340. The zero-order valence-corrected chi connectivity index (χ0v) is 10.7. The van der Waals surface area contributed by atoms with Gasteiger partial charge in [0.25, 0.3) is 0 Å². The highest BCUT2D eigenvalue weighted by Crippen LogP contribution is 2.33. The minimum atomic E-state index is 0.465. The van der Waals surface area contributed by atoms with Gasteiger partial charge in [0.05, 0.1) is 0 Å². The van der Waals surface area contributed by atoms with Crippen molar-refractivity contribution in [3.05, 3.63) is 12.7 Å². The molecule has 0 aromatic rings. The summed E-state index contributed by atoms with van der Waals surface area (Å²) in [6.45, 7) is 9.80. The largest absolute Gasteiger partial charge is 0.308 e. The summed E-state index contributed by atoms with van der Waals surface area (Å²) in [7, 11) is 0. The molecule has 1 aliphatic heterocycles. The molecule has 2 fully saturated rings. The van der Waals surface area contributed by atoms with Crippen molar-refractivity contribution in [2.45, 2.75) is 57.0 Å². The Kier molecular flexibility index (Phi) is 4.04. The molecule has 1 saturated heterocycles. The van der Waals surface area contributed by atoms with Crippen molar-refractivity contribution in [3.8, 4) is 0 Å². The quantitative estimate of drug-likeness (QED) is 0.735. The molecule has 2 aliphatic rings. The van der Waals surface area contributed by atoms with Crippen molar-refractivity contribution in [3.63, 3.8) is 0 Å². The predicted molar refractivity (Wildman–Crippen MR) is 69.7 cm³/mol. The van der Waals surface area contributed by atoms with Crippen LogP contribution in [-0.2, 0) is 0 Å². The van der Waals surface area contributed by atoms with Gasteiger partial charge in [-0.05, 0) is 25.7 Å². The van der Waals surface area contributed by atoms with E-state index in [9.17, 15) is 0 Å². The smallest absolute Gasteiger partial charge is 0.0309 e. The molecule has 1 heterocycles. The van der Waals surface area contributed by atoms with Gasteiger partial charge in [-0.25, -0.2) is 0 Å². The first-order chi connectivity index (χ1) is 7.79. The zero-order chi connectivity index (χ0) is 11.4. The van der Waals surface area contributed by atoms with Crippen LogP contribution in [0.25, 0.3) is 0 Å². The maximum atomic E-state index is 3.84. The lowest BCUT2D eigenvalue weighted by Gasteiger charge is -2.46. The van der Waals surface area contributed by atoms with Gasteiger partial charge in [-0.1, -0.05) is 25.8 Å². The predicted octanol–water partition coefficient (Wildman–Crippen LogP) is 2.56. The molecule has 2 heteroatoms. The second-order valence-corrected chi connectivity index (χ2v) is 5.48. The normalized spacial score (nSPS) is 29.7. The van der Waals surface area contributed by atoms with Gasteiger partial charge in [0, 0.05) is 31.2 Å². The molecule has 0 aromatic heterocycles. The number of nitrogens with one attached hydrogen (secondary N) is 1. The summed E-state index contributed by atoms with van der Waals surface area (Å²) in [6.07, 6.45) is 10.0. The fourth-order valence-corrected chi connectivity index (χ4v) is 3.35. The van der Waals surface area contributed by atoms with Crippen LogP contribution in [-0.4, -0.2) is 36.1 Å². The van der Waals surface area contributed by atoms with E-state index in [2.05, 4.69) is 29.8 Å². The minimum Gasteiger partial charge on any atom is -0.308 e. The minimum absolute atomic E-state index is 0.465. The van der Waals surface area contributed by atoms with Gasteiger partial charge >= 0.3 is 0 Å². The molecule has 16 heavy (non-hydrogen) atoms. The molecule has 1 saturated carbocycles. The molecule has 0 amide bonds. The average molecular weight is 222 g/mol. The van der Waals surface area contributed by atoms with Crippen molar-refractivity contribution in [2.75, 3.05) is 19.6 Å². The van der Waals surface area contributed by atoms with Gasteiger partial charge < -0.3 is 5.32 Å². The molecule has 1 spiro atoms. The van der Waals surface area contributed by atoms with E-state index in [1.165, 1.54) is 51.7 Å². The maximum absolute atomic E-state index is 3.84. The molecule has 1 aliphatic carbocycles. The topological polar surface area (TPSA) is 15.3 Å². The summed E-state index contributed by atoms with van der Waals surface area (Å²) < 4.78 is 0. The van der Waals surface area contributed by atoms with E-state index in [0.717, 1.165) is 12.5 Å². The fourth-order valence-electron chi connectivity index (χ4n) is 3.35. The van der Waals surface area contributed by atoms with Gasteiger partial charge in [0.2, 0.25) is 0 Å². The van der Waals surface area contributed by atoms with Crippen LogP contribution >= 0.6 is 0 Å². The summed E-state index contributed by atoms with van der Waals surface area (Å²) in [5, 5.41) is 3.83. The van der Waals surface area contributed by atoms with E-state index >= 15 is 0 Å². The lowest BCUT2D eigenvalue weighted by molar-refractivity contribution is 0.0800. The summed E-state index contributed by atoms with van der Waals surface area (Å²) >= 11 is 0. The van der Waals surface area contributed by atoms with Crippen molar-refractivity contribution in [2.24, 2.45) is 0 Å². The molecule has 2 rings (SSSR count). The third-order valence-corrected chi connectivity index (χ3v) is 4.39. The summed E-state index contributed by atoms with van der Waals surface area (Å²) in [4.78, 5) is 2.70. The molecule has 0 aromatic carbocycles. The van der Waals surface area contributed by atoms with Crippen molar-refractivity contribution >= 4 is 0 Å². The van der Waals surface area contributed by atoms with E-state index in [1.807, 2.05) is 0 Å². The maximum Gasteiger partial charge on any atom is 0.0309 e. The van der Waals surface area contributed by atoms with Gasteiger partial charge in [0.15, 0.2) is 0 Å². The molecule has 0 radical (unpaired) electrons. The molecule has 92 valence electrons. The average Bonchev–Trinajstić information content (AvgIpc) is 2.75. The molecule has 1 N–H and O–H groups in total.